The fourth-order valence-corrected chi connectivity index (χ4v) is 3.36. The SMILES string of the molecule is O=C(CCCCC(F)(F)F)NCCCCCC(O)CCCCCNC(=O)CCCCC(F)(F)F. The van der Waals surface area contributed by atoms with Crippen molar-refractivity contribution in [2.24, 2.45) is 0 Å². The van der Waals surface area contributed by atoms with Crippen LogP contribution in [0.3, 0.4) is 0 Å². The van der Waals surface area contributed by atoms with E-state index in [1.165, 1.54) is 0 Å². The maximum absolute atomic E-state index is 12.0. The second kappa shape index (κ2) is 18.8. The number of aliphatic hydroxyl groups excluding tert-OH is 1. The van der Waals surface area contributed by atoms with Crippen LogP contribution >= 0.6 is 0 Å². The summed E-state index contributed by atoms with van der Waals surface area (Å²) in [4.78, 5) is 23.1. The van der Waals surface area contributed by atoms with Crippen LogP contribution in [-0.4, -0.2) is 48.5 Å². The molecular formula is C23H40F6N2O3. The first kappa shape index (κ1) is 32.5. The molecular weight excluding hydrogens is 466 g/mol. The van der Waals surface area contributed by atoms with E-state index >= 15 is 0 Å². The van der Waals surface area contributed by atoms with Gasteiger partial charge in [-0.15, -0.1) is 0 Å². The van der Waals surface area contributed by atoms with Crippen LogP contribution in [0.4, 0.5) is 26.3 Å². The molecule has 0 atom stereocenters. The minimum atomic E-state index is -4.18. The van der Waals surface area contributed by atoms with Crippen molar-refractivity contribution in [2.45, 2.75) is 121 Å². The van der Waals surface area contributed by atoms with Gasteiger partial charge in [0.2, 0.25) is 11.8 Å². The Balaban J connectivity index is 3.44. The van der Waals surface area contributed by atoms with Crippen molar-refractivity contribution >= 4 is 11.8 Å². The molecule has 0 saturated carbocycles. The number of hydrogen-bond acceptors (Lipinski definition) is 3. The van der Waals surface area contributed by atoms with E-state index in [-0.39, 0.29) is 50.3 Å². The largest absolute Gasteiger partial charge is 0.393 e. The molecule has 0 rings (SSSR count). The number of carbonyl (C=O) groups excluding carboxylic acids is 2. The highest BCUT2D eigenvalue weighted by Crippen LogP contribution is 2.23. The van der Waals surface area contributed by atoms with Gasteiger partial charge in [-0.05, 0) is 51.4 Å². The lowest BCUT2D eigenvalue weighted by Crippen LogP contribution is -2.24. The van der Waals surface area contributed by atoms with E-state index in [4.69, 9.17) is 0 Å². The maximum Gasteiger partial charge on any atom is 0.389 e. The van der Waals surface area contributed by atoms with Crippen molar-refractivity contribution in [2.75, 3.05) is 13.1 Å². The average Bonchev–Trinajstić information content (AvgIpc) is 2.72. The number of amides is 2. The predicted octanol–water partition coefficient (Wildman–Crippen LogP) is 5.95. The van der Waals surface area contributed by atoms with E-state index in [1.807, 2.05) is 0 Å². The van der Waals surface area contributed by atoms with Crippen molar-refractivity contribution in [3.8, 4) is 0 Å². The van der Waals surface area contributed by atoms with E-state index in [0.717, 1.165) is 38.5 Å². The van der Waals surface area contributed by atoms with E-state index in [1.54, 1.807) is 0 Å². The van der Waals surface area contributed by atoms with E-state index in [2.05, 4.69) is 10.6 Å². The standard InChI is InChI=1S/C23H40F6N2O3/c24-22(25,26)15-7-5-13-20(33)30-17-9-1-3-11-19(32)12-4-2-10-18-31-21(34)14-6-8-16-23(27,28)29/h19,32H,1-18H2,(H,30,33)(H,31,34). The molecule has 0 saturated heterocycles. The van der Waals surface area contributed by atoms with Crippen LogP contribution in [0, 0.1) is 0 Å². The van der Waals surface area contributed by atoms with Crippen molar-refractivity contribution in [1.29, 1.82) is 0 Å². The number of aliphatic hydroxyl groups is 1. The molecule has 0 heterocycles. The zero-order valence-electron chi connectivity index (χ0n) is 19.8. The predicted molar refractivity (Wildman–Crippen MR) is 118 cm³/mol. The summed E-state index contributed by atoms with van der Waals surface area (Å²) < 4.78 is 72.1. The van der Waals surface area contributed by atoms with E-state index < -0.39 is 31.3 Å². The summed E-state index contributed by atoms with van der Waals surface area (Å²) in [6, 6.07) is 0. The Bertz CT molecular complexity index is 496. The van der Waals surface area contributed by atoms with Crippen molar-refractivity contribution in [3.05, 3.63) is 0 Å². The molecule has 0 aliphatic rings. The Morgan fingerprint density at radius 1 is 0.588 bits per heavy atom. The quantitative estimate of drug-likeness (QED) is 0.141. The molecule has 0 aliphatic heterocycles. The van der Waals surface area contributed by atoms with Crippen molar-refractivity contribution in [1.82, 2.24) is 10.6 Å². The minimum Gasteiger partial charge on any atom is -0.393 e. The molecule has 0 aromatic rings. The highest BCUT2D eigenvalue weighted by Gasteiger charge is 2.26. The summed E-state index contributed by atoms with van der Waals surface area (Å²) in [5, 5.41) is 15.4. The van der Waals surface area contributed by atoms with Crippen LogP contribution in [-0.2, 0) is 9.59 Å². The van der Waals surface area contributed by atoms with Gasteiger partial charge in [-0.1, -0.05) is 25.7 Å². The second-order valence-electron chi connectivity index (χ2n) is 8.70. The Morgan fingerprint density at radius 3 is 1.32 bits per heavy atom. The summed E-state index contributed by atoms with van der Waals surface area (Å²) >= 11 is 0. The highest BCUT2D eigenvalue weighted by molar-refractivity contribution is 5.76. The molecule has 34 heavy (non-hydrogen) atoms. The van der Waals surface area contributed by atoms with Gasteiger partial charge in [-0.25, -0.2) is 0 Å². The first-order valence-electron chi connectivity index (χ1n) is 12.2. The van der Waals surface area contributed by atoms with Crippen LogP contribution in [0.25, 0.3) is 0 Å². The zero-order chi connectivity index (χ0) is 25.9. The number of nitrogens with one attached hydrogen (secondary N) is 2. The fraction of sp³-hybridized carbons (Fsp3) is 0.913. The Kier molecular flexibility index (Phi) is 17.9. The smallest absolute Gasteiger partial charge is 0.389 e. The van der Waals surface area contributed by atoms with Gasteiger partial charge in [0.05, 0.1) is 6.10 Å². The third-order valence-corrected chi connectivity index (χ3v) is 5.30. The lowest BCUT2D eigenvalue weighted by molar-refractivity contribution is -0.137. The topological polar surface area (TPSA) is 78.4 Å². The van der Waals surface area contributed by atoms with Crippen LogP contribution in [0.2, 0.25) is 0 Å². The van der Waals surface area contributed by atoms with Crippen LogP contribution in [0.5, 0.6) is 0 Å². The zero-order valence-corrected chi connectivity index (χ0v) is 19.8. The molecule has 11 heteroatoms. The number of halogens is 6. The number of carbonyl (C=O) groups is 2. The van der Waals surface area contributed by atoms with Crippen LogP contribution in [0.15, 0.2) is 0 Å². The molecule has 0 aromatic heterocycles. The average molecular weight is 507 g/mol. The Hall–Kier alpha value is -1.52. The van der Waals surface area contributed by atoms with Gasteiger partial charge in [-0.3, -0.25) is 9.59 Å². The summed E-state index contributed by atoms with van der Waals surface area (Å²) in [6.45, 7) is 0.949. The molecule has 0 spiro atoms. The van der Waals surface area contributed by atoms with Gasteiger partial charge >= 0.3 is 12.4 Å². The molecule has 5 nitrogen and oxygen atoms in total. The summed E-state index contributed by atoms with van der Waals surface area (Å²) in [7, 11) is 0. The lowest BCUT2D eigenvalue weighted by atomic mass is 10.0. The molecule has 3 N–H and O–H groups in total. The molecule has 0 fully saturated rings. The summed E-state index contributed by atoms with van der Waals surface area (Å²) in [6.07, 6.45) is -3.86. The fourth-order valence-electron chi connectivity index (χ4n) is 3.36. The van der Waals surface area contributed by atoms with Crippen LogP contribution in [0.1, 0.15) is 103 Å². The van der Waals surface area contributed by atoms with Gasteiger partial charge in [-0.2, -0.15) is 26.3 Å². The van der Waals surface area contributed by atoms with E-state index in [0.29, 0.717) is 25.9 Å². The van der Waals surface area contributed by atoms with Crippen molar-refractivity contribution in [3.63, 3.8) is 0 Å². The number of hydrogen-bond donors (Lipinski definition) is 3. The molecule has 0 aliphatic carbocycles. The Morgan fingerprint density at radius 2 is 0.971 bits per heavy atom. The number of unbranched alkanes of at least 4 members (excludes halogenated alkanes) is 6. The summed E-state index contributed by atoms with van der Waals surface area (Å²) in [5.74, 6) is -0.472. The summed E-state index contributed by atoms with van der Waals surface area (Å²) in [5.41, 5.74) is 0. The molecule has 202 valence electrons. The van der Waals surface area contributed by atoms with Gasteiger partial charge in [0, 0.05) is 38.8 Å². The number of alkyl halides is 6. The van der Waals surface area contributed by atoms with Crippen LogP contribution < -0.4 is 10.6 Å². The molecule has 0 aromatic carbocycles. The molecule has 0 radical (unpaired) electrons. The first-order chi connectivity index (χ1) is 15.9. The molecule has 0 bridgehead atoms. The van der Waals surface area contributed by atoms with Gasteiger partial charge < -0.3 is 15.7 Å². The Labute approximate surface area is 198 Å². The highest BCUT2D eigenvalue weighted by atomic mass is 19.4. The normalized spacial score (nSPS) is 12.2. The number of rotatable bonds is 20. The first-order valence-corrected chi connectivity index (χ1v) is 12.2. The molecule has 0 unspecified atom stereocenters. The third kappa shape index (κ3) is 25.1. The lowest BCUT2D eigenvalue weighted by Gasteiger charge is -2.11. The van der Waals surface area contributed by atoms with E-state index in [9.17, 15) is 41.0 Å². The monoisotopic (exact) mass is 506 g/mol. The van der Waals surface area contributed by atoms with Gasteiger partial charge in [0.25, 0.3) is 0 Å². The molecule has 2 amide bonds. The minimum absolute atomic E-state index is 0.0439. The van der Waals surface area contributed by atoms with Crippen molar-refractivity contribution < 1.29 is 41.0 Å². The second-order valence-corrected chi connectivity index (χ2v) is 8.70. The van der Waals surface area contributed by atoms with Gasteiger partial charge in [0.1, 0.15) is 0 Å². The third-order valence-electron chi connectivity index (χ3n) is 5.30. The van der Waals surface area contributed by atoms with Gasteiger partial charge in [0.15, 0.2) is 0 Å². The maximum atomic E-state index is 12.0.